The highest BCUT2D eigenvalue weighted by Crippen LogP contribution is 2.60. The van der Waals surface area contributed by atoms with E-state index in [1.807, 2.05) is 0 Å². The van der Waals surface area contributed by atoms with Crippen LogP contribution >= 0.6 is 0 Å². The molecule has 0 unspecified atom stereocenters. The van der Waals surface area contributed by atoms with Crippen molar-refractivity contribution in [3.8, 4) is 0 Å². The highest BCUT2D eigenvalue weighted by atomic mass is 16.6. The van der Waals surface area contributed by atoms with Crippen LogP contribution in [0.25, 0.3) is 33.1 Å². The number of esters is 2. The molecule has 2 aromatic rings. The minimum atomic E-state index is -1.42. The molecule has 0 atom stereocenters. The van der Waals surface area contributed by atoms with Crippen molar-refractivity contribution in [3.05, 3.63) is 70.8 Å². The van der Waals surface area contributed by atoms with Crippen molar-refractivity contribution < 1.29 is 19.1 Å². The summed E-state index contributed by atoms with van der Waals surface area (Å²) in [6.45, 7) is 25.6. The summed E-state index contributed by atoms with van der Waals surface area (Å²) in [4.78, 5) is 26.5. The Morgan fingerprint density at radius 1 is 0.697 bits per heavy atom. The van der Waals surface area contributed by atoms with E-state index < -0.39 is 17.4 Å². The minimum absolute atomic E-state index is 0.192. The van der Waals surface area contributed by atoms with E-state index in [1.165, 1.54) is 0 Å². The monoisotopic (exact) mass is 440 g/mol. The van der Waals surface area contributed by atoms with Crippen LogP contribution in [0.4, 0.5) is 0 Å². The molecule has 0 spiro atoms. The van der Waals surface area contributed by atoms with Crippen molar-refractivity contribution in [1.29, 1.82) is 0 Å². The molecule has 0 aliphatic heterocycles. The normalized spacial score (nSPS) is 17.2. The molecular formula is C29H28O4. The lowest BCUT2D eigenvalue weighted by Crippen LogP contribution is -2.43. The Kier molecular flexibility index (Phi) is 4.42. The molecular weight excluding hydrogens is 412 g/mol. The van der Waals surface area contributed by atoms with Crippen molar-refractivity contribution >= 4 is 45.0 Å². The van der Waals surface area contributed by atoms with Crippen molar-refractivity contribution in [1.82, 2.24) is 0 Å². The fraction of sp³-hybridized carbons (Fsp3) is 0.310. The van der Waals surface area contributed by atoms with E-state index in [1.54, 1.807) is 13.8 Å². The standard InChI is InChI=1S/C29H28O4/c1-9-32-27(30)29(28(31)33-10-2)11-19-20(12-29)24-18(8)16(6)22-14(4)13(3)21-15(5)17(7)23(19)25(21)26(22)24/h5-12H2,1-4H3. The third-order valence-electron chi connectivity index (χ3n) is 7.76. The number of hydrogen-bond acceptors (Lipinski definition) is 4. The van der Waals surface area contributed by atoms with Crippen LogP contribution < -0.4 is 0 Å². The molecule has 0 radical (unpaired) electrons. The summed E-state index contributed by atoms with van der Waals surface area (Å²) in [6.07, 6.45) is 0.429. The molecule has 33 heavy (non-hydrogen) atoms. The van der Waals surface area contributed by atoms with Crippen LogP contribution in [0.15, 0.2) is 26.3 Å². The zero-order chi connectivity index (χ0) is 24.0. The average molecular weight is 441 g/mol. The van der Waals surface area contributed by atoms with Gasteiger partial charge in [0.05, 0.1) is 13.2 Å². The Bertz CT molecular complexity index is 1290. The molecule has 3 aliphatic rings. The fourth-order valence-electron chi connectivity index (χ4n) is 6.09. The van der Waals surface area contributed by atoms with Crippen LogP contribution in [0.3, 0.4) is 0 Å². The first-order valence-corrected chi connectivity index (χ1v) is 11.4. The molecule has 4 nitrogen and oxygen atoms in total. The van der Waals surface area contributed by atoms with Crippen LogP contribution in [0.2, 0.25) is 0 Å². The first-order valence-electron chi connectivity index (χ1n) is 11.4. The van der Waals surface area contributed by atoms with E-state index in [9.17, 15) is 9.59 Å². The van der Waals surface area contributed by atoms with E-state index in [4.69, 9.17) is 9.47 Å². The van der Waals surface area contributed by atoms with Gasteiger partial charge >= 0.3 is 11.9 Å². The van der Waals surface area contributed by atoms with Gasteiger partial charge in [-0.1, -0.05) is 26.3 Å². The van der Waals surface area contributed by atoms with Gasteiger partial charge < -0.3 is 9.47 Å². The lowest BCUT2D eigenvalue weighted by molar-refractivity contribution is -0.171. The van der Waals surface area contributed by atoms with Gasteiger partial charge in [0.15, 0.2) is 5.41 Å². The highest BCUT2D eigenvalue weighted by Gasteiger charge is 2.55. The Labute approximate surface area is 194 Å². The smallest absolute Gasteiger partial charge is 0.324 e. The molecule has 0 heterocycles. The second-order valence-electron chi connectivity index (χ2n) is 9.25. The number of carbonyl (C=O) groups is 2. The van der Waals surface area contributed by atoms with Gasteiger partial charge in [-0.15, -0.1) is 0 Å². The Morgan fingerprint density at radius 2 is 1.03 bits per heavy atom. The molecule has 4 heteroatoms. The first-order chi connectivity index (χ1) is 15.6. The Balaban J connectivity index is 1.91. The van der Waals surface area contributed by atoms with Gasteiger partial charge in [0, 0.05) is 12.8 Å². The first kappa shape index (κ1) is 21.4. The van der Waals surface area contributed by atoms with Gasteiger partial charge in [0.1, 0.15) is 0 Å². The molecule has 0 saturated heterocycles. The Morgan fingerprint density at radius 3 is 1.36 bits per heavy atom. The lowest BCUT2D eigenvalue weighted by atomic mass is 9.84. The van der Waals surface area contributed by atoms with Crippen LogP contribution in [0, 0.1) is 19.3 Å². The third kappa shape index (κ3) is 2.36. The SMILES string of the molecule is C=C1C(=C)c2c3c(c4c5c(c(C)c(C)c1c25)C(=C)C4=C)CC(C(=O)OCC)(C(=O)OCC)C3. The van der Waals surface area contributed by atoms with Crippen LogP contribution in [0.1, 0.15) is 58.4 Å². The van der Waals surface area contributed by atoms with E-state index in [0.717, 1.165) is 77.6 Å². The number of benzene rings is 2. The number of hydrogen-bond donors (Lipinski definition) is 0. The summed E-state index contributed by atoms with van der Waals surface area (Å²) in [6, 6.07) is 0. The second kappa shape index (κ2) is 6.80. The number of rotatable bonds is 4. The summed E-state index contributed by atoms with van der Waals surface area (Å²) in [5, 5.41) is 2.19. The molecule has 0 fully saturated rings. The van der Waals surface area contributed by atoms with Crippen LogP contribution in [0.5, 0.6) is 0 Å². The summed E-state index contributed by atoms with van der Waals surface area (Å²) < 4.78 is 10.8. The van der Waals surface area contributed by atoms with E-state index in [-0.39, 0.29) is 26.1 Å². The largest absolute Gasteiger partial charge is 0.465 e. The topological polar surface area (TPSA) is 52.6 Å². The van der Waals surface area contributed by atoms with Crippen molar-refractivity contribution in [2.45, 2.75) is 40.5 Å². The molecule has 2 aromatic carbocycles. The summed E-state index contributed by atoms with van der Waals surface area (Å²) in [7, 11) is 0. The number of ether oxygens (including phenoxy) is 2. The highest BCUT2D eigenvalue weighted by molar-refractivity contribution is 6.32. The zero-order valence-corrected chi connectivity index (χ0v) is 19.8. The van der Waals surface area contributed by atoms with Crippen molar-refractivity contribution in [3.63, 3.8) is 0 Å². The number of fused-ring (bicyclic) bond motifs is 3. The third-order valence-corrected chi connectivity index (χ3v) is 7.76. The van der Waals surface area contributed by atoms with Crippen LogP contribution in [-0.4, -0.2) is 25.2 Å². The van der Waals surface area contributed by atoms with Gasteiger partial charge in [0.25, 0.3) is 0 Å². The van der Waals surface area contributed by atoms with Gasteiger partial charge in [0.2, 0.25) is 0 Å². The van der Waals surface area contributed by atoms with E-state index in [2.05, 4.69) is 40.2 Å². The van der Waals surface area contributed by atoms with E-state index >= 15 is 0 Å². The number of carbonyl (C=O) groups excluding carboxylic acids is 2. The zero-order valence-electron chi connectivity index (χ0n) is 19.8. The maximum Gasteiger partial charge on any atom is 0.324 e. The molecule has 5 rings (SSSR count). The van der Waals surface area contributed by atoms with Gasteiger partial charge in [-0.2, -0.15) is 0 Å². The molecule has 3 aliphatic carbocycles. The summed E-state index contributed by atoms with van der Waals surface area (Å²) in [5.74, 6) is -1.08. The molecule has 0 amide bonds. The Hall–Kier alpha value is -3.40. The van der Waals surface area contributed by atoms with Crippen LogP contribution in [-0.2, 0) is 31.9 Å². The van der Waals surface area contributed by atoms with Gasteiger partial charge in [-0.25, -0.2) is 0 Å². The quantitative estimate of drug-likeness (QED) is 0.449. The van der Waals surface area contributed by atoms with Gasteiger partial charge in [-0.3, -0.25) is 9.59 Å². The summed E-state index contributed by atoms with van der Waals surface area (Å²) >= 11 is 0. The lowest BCUT2D eigenvalue weighted by Gasteiger charge is -2.24. The van der Waals surface area contributed by atoms with Crippen molar-refractivity contribution in [2.75, 3.05) is 13.2 Å². The maximum atomic E-state index is 13.3. The van der Waals surface area contributed by atoms with Crippen molar-refractivity contribution in [2.24, 2.45) is 5.41 Å². The predicted octanol–water partition coefficient (Wildman–Crippen LogP) is 5.75. The molecule has 0 saturated carbocycles. The van der Waals surface area contributed by atoms with Gasteiger partial charge in [-0.05, 0) is 105 Å². The van der Waals surface area contributed by atoms with E-state index in [0.29, 0.717) is 0 Å². The summed E-state index contributed by atoms with van der Waals surface area (Å²) in [5.41, 5.74) is 10.5. The average Bonchev–Trinajstić information content (AvgIpc) is 3.38. The fourth-order valence-corrected chi connectivity index (χ4v) is 6.09. The second-order valence-corrected chi connectivity index (χ2v) is 9.25. The number of allylic oxidation sites excluding steroid dienone is 4. The predicted molar refractivity (Wildman–Crippen MR) is 133 cm³/mol. The maximum absolute atomic E-state index is 13.3. The minimum Gasteiger partial charge on any atom is -0.465 e. The molecule has 168 valence electrons. The molecule has 0 N–H and O–H groups in total. The molecule has 0 aromatic heterocycles. The molecule has 0 bridgehead atoms.